The molecule has 0 spiro atoms. The third-order valence-corrected chi connectivity index (χ3v) is 1.98. The lowest BCUT2D eigenvalue weighted by Crippen LogP contribution is -2.39. The zero-order valence-corrected chi connectivity index (χ0v) is 11.5. The molecule has 0 radical (unpaired) electrons. The Bertz CT molecular complexity index is 247. The molecule has 100 valence electrons. The van der Waals surface area contributed by atoms with Gasteiger partial charge in [-0.2, -0.15) is 0 Å². The van der Waals surface area contributed by atoms with Gasteiger partial charge in [-0.3, -0.25) is 0 Å². The normalized spacial score (nSPS) is 11.4. The summed E-state index contributed by atoms with van der Waals surface area (Å²) in [6.07, 6.45) is 1.11. The molecule has 5 heteroatoms. The first kappa shape index (κ1) is 15.9. The van der Waals surface area contributed by atoms with E-state index >= 15 is 0 Å². The van der Waals surface area contributed by atoms with Gasteiger partial charge >= 0.3 is 6.09 Å². The van der Waals surface area contributed by atoms with E-state index < -0.39 is 11.7 Å². The Morgan fingerprint density at radius 3 is 2.24 bits per heavy atom. The van der Waals surface area contributed by atoms with Crippen LogP contribution in [0.3, 0.4) is 0 Å². The van der Waals surface area contributed by atoms with E-state index in [4.69, 9.17) is 4.74 Å². The molecule has 0 aromatic heterocycles. The second-order valence-electron chi connectivity index (χ2n) is 5.25. The van der Waals surface area contributed by atoms with Crippen molar-refractivity contribution in [3.8, 4) is 0 Å². The van der Waals surface area contributed by atoms with Gasteiger partial charge in [0.25, 0.3) is 0 Å². The zero-order valence-electron chi connectivity index (χ0n) is 11.5. The minimum atomic E-state index is -0.528. The van der Waals surface area contributed by atoms with Gasteiger partial charge < -0.3 is 19.3 Å². The molecular formula is C12H24N2O3. The predicted molar refractivity (Wildman–Crippen MR) is 67.0 cm³/mol. The van der Waals surface area contributed by atoms with Crippen LogP contribution in [0.5, 0.6) is 0 Å². The third-order valence-electron chi connectivity index (χ3n) is 1.98. The van der Waals surface area contributed by atoms with Crippen molar-refractivity contribution in [3.63, 3.8) is 0 Å². The highest BCUT2D eigenvalue weighted by molar-refractivity contribution is 5.71. The summed E-state index contributed by atoms with van der Waals surface area (Å²) in [5.74, 6) is 0. The fourth-order valence-corrected chi connectivity index (χ4v) is 1.25. The van der Waals surface area contributed by atoms with Crippen molar-refractivity contribution in [2.45, 2.75) is 32.8 Å². The Hall–Kier alpha value is -1.10. The number of rotatable bonds is 6. The molecule has 0 rings (SSSR count). The van der Waals surface area contributed by atoms with E-state index in [2.05, 4.69) is 0 Å². The molecule has 0 heterocycles. The molecule has 0 aromatic rings. The number of aldehydes is 1. The average molecular weight is 244 g/mol. The molecule has 0 saturated carbocycles. The van der Waals surface area contributed by atoms with Crippen molar-refractivity contribution in [2.24, 2.45) is 0 Å². The summed E-state index contributed by atoms with van der Waals surface area (Å²) in [6, 6.07) is 0. The number of amides is 1. The topological polar surface area (TPSA) is 49.9 Å². The van der Waals surface area contributed by atoms with Crippen LogP contribution in [0.15, 0.2) is 0 Å². The second-order valence-corrected chi connectivity index (χ2v) is 5.25. The minimum Gasteiger partial charge on any atom is -0.444 e. The Morgan fingerprint density at radius 2 is 1.82 bits per heavy atom. The highest BCUT2D eigenvalue weighted by Crippen LogP contribution is 2.09. The number of hydrogen-bond donors (Lipinski definition) is 0. The first-order valence-corrected chi connectivity index (χ1v) is 5.82. The van der Waals surface area contributed by atoms with Crippen LogP contribution in [0.2, 0.25) is 0 Å². The summed E-state index contributed by atoms with van der Waals surface area (Å²) in [6.45, 7) is 6.92. The van der Waals surface area contributed by atoms with E-state index in [0.29, 0.717) is 6.54 Å². The number of nitrogens with zero attached hydrogens (tertiary/aromatic N) is 2. The average Bonchev–Trinajstić information content (AvgIpc) is 2.13. The van der Waals surface area contributed by atoms with Crippen LogP contribution in [0, 0.1) is 0 Å². The Kier molecular flexibility index (Phi) is 6.80. The monoisotopic (exact) mass is 244 g/mol. The Morgan fingerprint density at radius 1 is 1.24 bits per heavy atom. The van der Waals surface area contributed by atoms with Gasteiger partial charge in [-0.05, 0) is 47.8 Å². The fourth-order valence-electron chi connectivity index (χ4n) is 1.25. The van der Waals surface area contributed by atoms with Crippen LogP contribution in [0.1, 0.15) is 27.2 Å². The maximum Gasteiger partial charge on any atom is 0.410 e. The molecule has 0 atom stereocenters. The number of hydrogen-bond acceptors (Lipinski definition) is 4. The maximum absolute atomic E-state index is 11.8. The van der Waals surface area contributed by atoms with Gasteiger partial charge in [-0.1, -0.05) is 0 Å². The maximum atomic E-state index is 11.8. The van der Waals surface area contributed by atoms with Crippen molar-refractivity contribution in [3.05, 3.63) is 0 Å². The lowest BCUT2D eigenvalue weighted by atomic mass is 10.2. The van der Waals surface area contributed by atoms with E-state index in [1.54, 1.807) is 0 Å². The van der Waals surface area contributed by atoms with Gasteiger partial charge in [-0.15, -0.1) is 0 Å². The predicted octanol–water partition coefficient (Wildman–Crippen LogP) is 1.37. The number of ether oxygens (including phenoxy) is 1. The lowest BCUT2D eigenvalue weighted by molar-refractivity contribution is -0.109. The smallest absolute Gasteiger partial charge is 0.410 e. The third kappa shape index (κ3) is 8.68. The van der Waals surface area contributed by atoms with Crippen molar-refractivity contribution >= 4 is 12.4 Å². The summed E-state index contributed by atoms with van der Waals surface area (Å²) >= 11 is 0. The molecule has 1 amide bonds. The molecule has 0 fully saturated rings. The van der Waals surface area contributed by atoms with Gasteiger partial charge in [0.1, 0.15) is 11.9 Å². The highest BCUT2D eigenvalue weighted by Gasteiger charge is 2.21. The summed E-state index contributed by atoms with van der Waals surface area (Å²) in [5, 5.41) is 0. The minimum absolute atomic E-state index is 0.0857. The Balaban J connectivity index is 4.21. The van der Waals surface area contributed by atoms with Gasteiger partial charge in [0, 0.05) is 6.54 Å². The Labute approximate surface area is 104 Å². The van der Waals surface area contributed by atoms with Crippen molar-refractivity contribution in [1.29, 1.82) is 0 Å². The first-order valence-electron chi connectivity index (χ1n) is 5.82. The summed E-state index contributed by atoms with van der Waals surface area (Å²) in [7, 11) is 3.94. The quantitative estimate of drug-likeness (QED) is 0.662. The SMILES string of the molecule is CN(C)CCCN(CC=O)C(=O)OC(C)(C)C. The standard InChI is InChI=1S/C12H24N2O3/c1-12(2,3)17-11(16)14(9-10-15)8-6-7-13(4)5/h10H,6-9H2,1-5H3. The molecule has 5 nitrogen and oxygen atoms in total. The molecule has 0 saturated heterocycles. The van der Waals surface area contributed by atoms with Crippen LogP contribution in [0.25, 0.3) is 0 Å². The van der Waals surface area contributed by atoms with Crippen LogP contribution in [-0.2, 0) is 9.53 Å². The molecule has 0 bridgehead atoms. The van der Waals surface area contributed by atoms with Gasteiger partial charge in [0.15, 0.2) is 0 Å². The fraction of sp³-hybridized carbons (Fsp3) is 0.833. The van der Waals surface area contributed by atoms with E-state index in [1.807, 2.05) is 39.8 Å². The molecule has 0 aliphatic heterocycles. The van der Waals surface area contributed by atoms with Crippen LogP contribution in [0.4, 0.5) is 4.79 Å². The van der Waals surface area contributed by atoms with E-state index in [1.165, 1.54) is 4.90 Å². The summed E-state index contributed by atoms with van der Waals surface area (Å²) in [4.78, 5) is 25.7. The lowest BCUT2D eigenvalue weighted by Gasteiger charge is -2.26. The highest BCUT2D eigenvalue weighted by atomic mass is 16.6. The van der Waals surface area contributed by atoms with E-state index in [0.717, 1.165) is 19.3 Å². The molecule has 0 unspecified atom stereocenters. The molecule has 0 aliphatic rings. The van der Waals surface area contributed by atoms with Crippen LogP contribution >= 0.6 is 0 Å². The molecule has 0 aliphatic carbocycles. The molecule has 0 N–H and O–H groups in total. The van der Waals surface area contributed by atoms with Crippen molar-refractivity contribution in [1.82, 2.24) is 9.80 Å². The first-order chi connectivity index (χ1) is 7.76. The van der Waals surface area contributed by atoms with Gasteiger partial charge in [-0.25, -0.2) is 4.79 Å². The van der Waals surface area contributed by atoms with Crippen LogP contribution < -0.4 is 0 Å². The van der Waals surface area contributed by atoms with Crippen molar-refractivity contribution in [2.75, 3.05) is 33.7 Å². The number of carbonyl (C=O) groups excluding carboxylic acids is 2. The van der Waals surface area contributed by atoms with Gasteiger partial charge in [0.05, 0.1) is 6.54 Å². The number of carbonyl (C=O) groups is 2. The largest absolute Gasteiger partial charge is 0.444 e. The van der Waals surface area contributed by atoms with E-state index in [-0.39, 0.29) is 6.54 Å². The molecule has 0 aromatic carbocycles. The second kappa shape index (κ2) is 7.27. The zero-order chi connectivity index (χ0) is 13.5. The van der Waals surface area contributed by atoms with Crippen molar-refractivity contribution < 1.29 is 14.3 Å². The van der Waals surface area contributed by atoms with Crippen LogP contribution in [-0.4, -0.2) is 61.5 Å². The summed E-state index contributed by atoms with van der Waals surface area (Å²) < 4.78 is 5.22. The summed E-state index contributed by atoms with van der Waals surface area (Å²) in [5.41, 5.74) is -0.528. The molecular weight excluding hydrogens is 220 g/mol. The molecule has 17 heavy (non-hydrogen) atoms. The van der Waals surface area contributed by atoms with Gasteiger partial charge in [0.2, 0.25) is 0 Å². The van der Waals surface area contributed by atoms with E-state index in [9.17, 15) is 9.59 Å².